The predicted molar refractivity (Wildman–Crippen MR) is 105 cm³/mol. The molecule has 2 aromatic carbocycles. The molecular formula is C22H13NO5. The lowest BCUT2D eigenvalue weighted by Crippen LogP contribution is -2.02. The molecule has 2 heterocycles. The molecule has 0 amide bonds. The predicted octanol–water partition coefficient (Wildman–Crippen LogP) is 4.23. The Bertz CT molecular complexity index is 1420. The van der Waals surface area contributed by atoms with Crippen molar-refractivity contribution in [1.29, 1.82) is 0 Å². The van der Waals surface area contributed by atoms with Crippen LogP contribution in [0.3, 0.4) is 0 Å². The highest BCUT2D eigenvalue weighted by molar-refractivity contribution is 6.03. The number of phenolic OH excluding ortho intramolecular Hbond substituents is 3. The first-order valence-corrected chi connectivity index (χ1v) is 8.53. The smallest absolute Gasteiger partial charge is 0.223 e. The van der Waals surface area contributed by atoms with E-state index in [-0.39, 0.29) is 22.8 Å². The van der Waals surface area contributed by atoms with E-state index in [2.05, 4.69) is 0 Å². The molecule has 3 N–H and O–H groups in total. The van der Waals surface area contributed by atoms with Crippen LogP contribution in [0.15, 0.2) is 69.9 Å². The van der Waals surface area contributed by atoms with Crippen LogP contribution in [0.25, 0.3) is 44.5 Å². The van der Waals surface area contributed by atoms with Gasteiger partial charge in [0.05, 0.1) is 11.2 Å². The molecule has 0 unspecified atom stereocenters. The lowest BCUT2D eigenvalue weighted by atomic mass is 9.95. The largest absolute Gasteiger partial charge is 0.504 e. The van der Waals surface area contributed by atoms with Crippen molar-refractivity contribution in [2.45, 2.75) is 0 Å². The summed E-state index contributed by atoms with van der Waals surface area (Å²) in [5.74, 6) is -0.819. The molecule has 6 heteroatoms. The van der Waals surface area contributed by atoms with Gasteiger partial charge in [0.15, 0.2) is 17.2 Å². The second kappa shape index (κ2) is 5.72. The molecule has 1 aliphatic carbocycles. The molecule has 2 aliphatic rings. The molecule has 28 heavy (non-hydrogen) atoms. The van der Waals surface area contributed by atoms with E-state index < -0.39 is 11.2 Å². The summed E-state index contributed by atoms with van der Waals surface area (Å²) >= 11 is 0. The summed E-state index contributed by atoms with van der Waals surface area (Å²) in [6.45, 7) is 0. The number of phenols is 3. The lowest BCUT2D eigenvalue weighted by molar-refractivity contribution is 0.404. The third-order valence-electron chi connectivity index (χ3n) is 4.75. The Balaban J connectivity index is 1.97. The van der Waals surface area contributed by atoms with Gasteiger partial charge in [-0.15, -0.1) is 0 Å². The highest BCUT2D eigenvalue weighted by Crippen LogP contribution is 2.43. The summed E-state index contributed by atoms with van der Waals surface area (Å²) < 4.78 is 5.76. The number of aromatic hydroxyl groups is 3. The molecule has 6 nitrogen and oxygen atoms in total. The van der Waals surface area contributed by atoms with Gasteiger partial charge in [-0.2, -0.15) is 0 Å². The van der Waals surface area contributed by atoms with E-state index in [1.54, 1.807) is 0 Å². The number of benzene rings is 3. The van der Waals surface area contributed by atoms with E-state index in [0.29, 0.717) is 22.2 Å². The van der Waals surface area contributed by atoms with E-state index in [9.17, 15) is 20.1 Å². The van der Waals surface area contributed by atoms with Gasteiger partial charge in [0, 0.05) is 34.0 Å². The molecular weight excluding hydrogens is 358 g/mol. The zero-order valence-corrected chi connectivity index (χ0v) is 14.4. The summed E-state index contributed by atoms with van der Waals surface area (Å²) in [5.41, 5.74) is 2.10. The number of aromatic nitrogens is 1. The molecule has 0 fully saturated rings. The van der Waals surface area contributed by atoms with Gasteiger partial charge in [0.25, 0.3) is 0 Å². The number of hydrogen-bond donors (Lipinski definition) is 3. The Morgan fingerprint density at radius 2 is 1.61 bits per heavy atom. The zero-order valence-electron chi connectivity index (χ0n) is 14.4. The fourth-order valence-electron chi connectivity index (χ4n) is 3.41. The van der Waals surface area contributed by atoms with Crippen molar-refractivity contribution in [2.24, 2.45) is 0 Å². The van der Waals surface area contributed by atoms with Crippen molar-refractivity contribution < 1.29 is 19.7 Å². The fraction of sp³-hybridized carbons (Fsp3) is 0. The summed E-state index contributed by atoms with van der Waals surface area (Å²) in [4.78, 5) is 16.6. The van der Waals surface area contributed by atoms with Crippen LogP contribution in [0.1, 0.15) is 0 Å². The minimum absolute atomic E-state index is 0.241. The minimum atomic E-state index is -0.573. The van der Waals surface area contributed by atoms with E-state index in [1.807, 2.05) is 36.4 Å². The summed E-state index contributed by atoms with van der Waals surface area (Å²) in [6, 6.07) is 16.6. The molecule has 1 aliphatic heterocycles. The van der Waals surface area contributed by atoms with Crippen LogP contribution >= 0.6 is 0 Å². The number of pyridine rings is 1. The highest BCUT2D eigenvalue weighted by Gasteiger charge is 2.21. The Labute approximate surface area is 157 Å². The maximum Gasteiger partial charge on any atom is 0.223 e. The molecule has 3 aromatic rings. The van der Waals surface area contributed by atoms with Crippen molar-refractivity contribution in [3.8, 4) is 39.8 Å². The van der Waals surface area contributed by atoms with Crippen molar-refractivity contribution in [1.82, 2.24) is 4.98 Å². The number of hydrogen-bond acceptors (Lipinski definition) is 6. The molecule has 0 spiro atoms. The van der Waals surface area contributed by atoms with Gasteiger partial charge in [0.2, 0.25) is 5.43 Å². The molecule has 136 valence electrons. The number of rotatable bonds is 1. The first kappa shape index (κ1) is 16.1. The van der Waals surface area contributed by atoms with E-state index in [1.165, 1.54) is 24.3 Å². The second-order valence-electron chi connectivity index (χ2n) is 6.52. The van der Waals surface area contributed by atoms with E-state index in [0.717, 1.165) is 10.9 Å². The first-order valence-electron chi connectivity index (χ1n) is 8.53. The van der Waals surface area contributed by atoms with Gasteiger partial charge in [-0.25, -0.2) is 4.98 Å². The SMILES string of the molecule is O=c1cc2oc3cc(O)c(O)cc3c(-c3ccc4ccccc4n3)c-2cc1O. The van der Waals surface area contributed by atoms with Gasteiger partial charge in [-0.05, 0) is 24.3 Å². The van der Waals surface area contributed by atoms with Crippen LogP contribution in [0, 0.1) is 0 Å². The molecule has 1 aromatic heterocycles. The van der Waals surface area contributed by atoms with Gasteiger partial charge in [-0.3, -0.25) is 4.79 Å². The fourth-order valence-corrected chi connectivity index (χ4v) is 3.41. The summed E-state index contributed by atoms with van der Waals surface area (Å²) in [6.07, 6.45) is 0. The average molecular weight is 371 g/mol. The quantitative estimate of drug-likeness (QED) is 0.301. The van der Waals surface area contributed by atoms with Gasteiger partial charge < -0.3 is 19.7 Å². The standard InChI is InChI=1S/C22H13NO5/c24-16-7-12-20(9-18(16)26)28-21-10-19(27)17(25)8-13(21)22(12)15-6-5-11-3-1-2-4-14(11)23-15/h1-10,24-26H. The van der Waals surface area contributed by atoms with Crippen LogP contribution in [0.5, 0.6) is 17.2 Å². The van der Waals surface area contributed by atoms with Crippen LogP contribution in [0.2, 0.25) is 0 Å². The second-order valence-corrected chi connectivity index (χ2v) is 6.52. The minimum Gasteiger partial charge on any atom is -0.504 e. The van der Waals surface area contributed by atoms with Gasteiger partial charge in [0.1, 0.15) is 11.3 Å². The Morgan fingerprint density at radius 1 is 0.821 bits per heavy atom. The molecule has 0 bridgehead atoms. The van der Waals surface area contributed by atoms with E-state index >= 15 is 0 Å². The summed E-state index contributed by atoms with van der Waals surface area (Å²) in [7, 11) is 0. The molecule has 5 rings (SSSR count). The zero-order chi connectivity index (χ0) is 19.4. The number of nitrogens with zero attached hydrogens (tertiary/aromatic N) is 1. The molecule has 0 radical (unpaired) electrons. The third kappa shape index (κ3) is 2.35. The van der Waals surface area contributed by atoms with Crippen LogP contribution in [-0.4, -0.2) is 20.3 Å². The van der Waals surface area contributed by atoms with Crippen molar-refractivity contribution in [2.75, 3.05) is 0 Å². The monoisotopic (exact) mass is 371 g/mol. The highest BCUT2D eigenvalue weighted by atomic mass is 16.3. The lowest BCUT2D eigenvalue weighted by Gasteiger charge is -2.15. The third-order valence-corrected chi connectivity index (χ3v) is 4.75. The van der Waals surface area contributed by atoms with Crippen molar-refractivity contribution in [3.63, 3.8) is 0 Å². The molecule has 0 saturated heterocycles. The normalized spacial score (nSPS) is 11.4. The number of para-hydroxylation sites is 1. The Morgan fingerprint density at radius 3 is 2.46 bits per heavy atom. The maximum atomic E-state index is 11.9. The van der Waals surface area contributed by atoms with Gasteiger partial charge in [-0.1, -0.05) is 24.3 Å². The number of fused-ring (bicyclic) bond motifs is 3. The molecule has 0 saturated carbocycles. The summed E-state index contributed by atoms with van der Waals surface area (Å²) in [5, 5.41) is 31.3. The Hall–Kier alpha value is -4.06. The van der Waals surface area contributed by atoms with Crippen LogP contribution < -0.4 is 5.43 Å². The van der Waals surface area contributed by atoms with Crippen molar-refractivity contribution >= 4 is 21.9 Å². The van der Waals surface area contributed by atoms with Crippen LogP contribution in [-0.2, 0) is 0 Å². The maximum absolute atomic E-state index is 11.9. The first-order chi connectivity index (χ1) is 13.5. The topological polar surface area (TPSA) is 104 Å². The average Bonchev–Trinajstić information content (AvgIpc) is 2.68. The Kier molecular flexibility index (Phi) is 3.30. The van der Waals surface area contributed by atoms with Crippen LogP contribution in [0.4, 0.5) is 0 Å². The van der Waals surface area contributed by atoms with E-state index in [4.69, 9.17) is 9.40 Å². The van der Waals surface area contributed by atoms with Crippen molar-refractivity contribution in [3.05, 3.63) is 70.9 Å². The molecule has 0 atom stereocenters. The van der Waals surface area contributed by atoms with Gasteiger partial charge >= 0.3 is 0 Å².